The van der Waals surface area contributed by atoms with Crippen molar-refractivity contribution in [2.75, 3.05) is 13.2 Å². The van der Waals surface area contributed by atoms with Crippen molar-refractivity contribution in [3.63, 3.8) is 0 Å². The Morgan fingerprint density at radius 3 is 3.12 bits per heavy atom. The van der Waals surface area contributed by atoms with Crippen LogP contribution in [0.1, 0.15) is 44.5 Å². The van der Waals surface area contributed by atoms with Crippen LogP contribution in [0.15, 0.2) is 11.6 Å². The molecule has 1 fully saturated rings. The van der Waals surface area contributed by atoms with Gasteiger partial charge in [0.25, 0.3) is 0 Å². The van der Waals surface area contributed by atoms with Gasteiger partial charge in [-0.05, 0) is 32.2 Å². The zero-order valence-corrected chi connectivity index (χ0v) is 11.6. The van der Waals surface area contributed by atoms with Gasteiger partial charge in [0.2, 0.25) is 0 Å². The molecule has 0 aliphatic carbocycles. The first-order valence-electron chi connectivity index (χ1n) is 6.57. The van der Waals surface area contributed by atoms with E-state index in [0.717, 1.165) is 38.8 Å². The summed E-state index contributed by atoms with van der Waals surface area (Å²) in [6.45, 7) is 6.30. The van der Waals surface area contributed by atoms with Gasteiger partial charge in [-0.2, -0.15) is 0 Å². The molecule has 1 N–H and O–H groups in total. The number of ether oxygens (including phenoxy) is 1. The summed E-state index contributed by atoms with van der Waals surface area (Å²) in [5.74, 6) is 0. The molecule has 2 rings (SSSR count). The largest absolute Gasteiger partial charge is 0.378 e. The van der Waals surface area contributed by atoms with E-state index < -0.39 is 0 Å². The third kappa shape index (κ3) is 2.87. The predicted octanol–water partition coefficient (Wildman–Crippen LogP) is 2.93. The summed E-state index contributed by atoms with van der Waals surface area (Å²) in [6.07, 6.45) is 6.61. The van der Waals surface area contributed by atoms with Crippen LogP contribution in [0.5, 0.6) is 0 Å². The predicted molar refractivity (Wildman–Crippen MR) is 71.4 cm³/mol. The summed E-state index contributed by atoms with van der Waals surface area (Å²) in [7, 11) is 0. The molecule has 0 spiro atoms. The van der Waals surface area contributed by atoms with Crippen molar-refractivity contribution in [3.8, 4) is 0 Å². The lowest BCUT2D eigenvalue weighted by Gasteiger charge is -2.40. The fourth-order valence-electron chi connectivity index (χ4n) is 2.47. The molecule has 2 heterocycles. The maximum atomic E-state index is 5.80. The molecule has 2 unspecified atom stereocenters. The first kappa shape index (κ1) is 13.0. The number of nitrogens with zero attached hydrogens (tertiary/aromatic N) is 1. The van der Waals surface area contributed by atoms with Crippen LogP contribution in [-0.4, -0.2) is 24.2 Å². The van der Waals surface area contributed by atoms with Crippen LogP contribution < -0.4 is 5.32 Å². The lowest BCUT2D eigenvalue weighted by atomic mass is 9.86. The second-order valence-electron chi connectivity index (χ2n) is 4.70. The van der Waals surface area contributed by atoms with Crippen molar-refractivity contribution >= 4 is 11.3 Å². The van der Waals surface area contributed by atoms with E-state index in [4.69, 9.17) is 4.74 Å². The Labute approximate surface area is 108 Å². The molecule has 1 aliphatic heterocycles. The van der Waals surface area contributed by atoms with Gasteiger partial charge in [0.05, 0.1) is 11.6 Å². The molecular formula is C13H22N2OS. The van der Waals surface area contributed by atoms with Gasteiger partial charge in [-0.15, -0.1) is 11.3 Å². The van der Waals surface area contributed by atoms with Crippen LogP contribution in [0, 0.1) is 0 Å². The summed E-state index contributed by atoms with van der Waals surface area (Å²) >= 11 is 1.76. The minimum absolute atomic E-state index is 0.0586. The molecule has 0 radical (unpaired) electrons. The maximum absolute atomic E-state index is 5.80. The maximum Gasteiger partial charge on any atom is 0.113 e. The Bertz CT molecular complexity index is 328. The molecule has 1 aromatic rings. The van der Waals surface area contributed by atoms with Crippen molar-refractivity contribution in [2.45, 2.75) is 51.2 Å². The third-order valence-corrected chi connectivity index (χ3v) is 4.45. The van der Waals surface area contributed by atoms with E-state index in [1.54, 1.807) is 11.3 Å². The van der Waals surface area contributed by atoms with Gasteiger partial charge in [0.1, 0.15) is 5.01 Å². The van der Waals surface area contributed by atoms with Crippen LogP contribution in [0.25, 0.3) is 0 Å². The molecule has 0 amide bonds. The average molecular weight is 254 g/mol. The molecule has 96 valence electrons. The van der Waals surface area contributed by atoms with E-state index in [0.29, 0.717) is 6.10 Å². The standard InChI is InChI=1S/C13H22N2OS/c1-3-6-15-13(12-14-7-9-17-12)5-8-16-11(4-2)10-13/h7,9,11,15H,3-6,8,10H2,1-2H3. The second-order valence-corrected chi connectivity index (χ2v) is 5.60. The quantitative estimate of drug-likeness (QED) is 0.877. The number of aromatic nitrogens is 1. The molecule has 0 saturated carbocycles. The van der Waals surface area contributed by atoms with E-state index >= 15 is 0 Å². The van der Waals surface area contributed by atoms with Crippen molar-refractivity contribution in [1.82, 2.24) is 10.3 Å². The van der Waals surface area contributed by atoms with E-state index in [1.807, 2.05) is 6.20 Å². The number of rotatable bonds is 5. The Morgan fingerprint density at radius 1 is 1.59 bits per heavy atom. The lowest BCUT2D eigenvalue weighted by Crippen LogP contribution is -2.49. The van der Waals surface area contributed by atoms with Gasteiger partial charge in [0, 0.05) is 18.2 Å². The summed E-state index contributed by atoms with van der Waals surface area (Å²) in [5.41, 5.74) is 0.0586. The van der Waals surface area contributed by atoms with E-state index in [2.05, 4.69) is 29.5 Å². The van der Waals surface area contributed by atoms with Gasteiger partial charge < -0.3 is 10.1 Å². The second kappa shape index (κ2) is 5.94. The number of nitrogens with one attached hydrogen (secondary N) is 1. The zero-order valence-electron chi connectivity index (χ0n) is 10.7. The lowest BCUT2D eigenvalue weighted by molar-refractivity contribution is -0.0323. The summed E-state index contributed by atoms with van der Waals surface area (Å²) in [4.78, 5) is 4.53. The summed E-state index contributed by atoms with van der Waals surface area (Å²) in [5, 5.41) is 7.02. The average Bonchev–Trinajstić information content (AvgIpc) is 2.91. The molecule has 0 bridgehead atoms. The highest BCUT2D eigenvalue weighted by atomic mass is 32.1. The highest BCUT2D eigenvalue weighted by molar-refractivity contribution is 7.09. The van der Waals surface area contributed by atoms with E-state index in [-0.39, 0.29) is 5.54 Å². The van der Waals surface area contributed by atoms with Crippen molar-refractivity contribution < 1.29 is 4.74 Å². The molecule has 1 aromatic heterocycles. The van der Waals surface area contributed by atoms with Crippen LogP contribution in [0.2, 0.25) is 0 Å². The van der Waals surface area contributed by atoms with E-state index in [9.17, 15) is 0 Å². The third-order valence-electron chi connectivity index (χ3n) is 3.47. The number of hydrogen-bond donors (Lipinski definition) is 1. The monoisotopic (exact) mass is 254 g/mol. The molecule has 2 atom stereocenters. The van der Waals surface area contributed by atoms with Gasteiger partial charge in [-0.3, -0.25) is 0 Å². The highest BCUT2D eigenvalue weighted by Gasteiger charge is 2.39. The smallest absolute Gasteiger partial charge is 0.113 e. The van der Waals surface area contributed by atoms with Crippen LogP contribution in [-0.2, 0) is 10.3 Å². The Hall–Kier alpha value is -0.450. The minimum atomic E-state index is 0.0586. The van der Waals surface area contributed by atoms with Crippen LogP contribution in [0.4, 0.5) is 0 Å². The van der Waals surface area contributed by atoms with Crippen LogP contribution >= 0.6 is 11.3 Å². The van der Waals surface area contributed by atoms with Gasteiger partial charge in [-0.1, -0.05) is 13.8 Å². The van der Waals surface area contributed by atoms with Gasteiger partial charge in [0.15, 0.2) is 0 Å². The fourth-order valence-corrected chi connectivity index (χ4v) is 3.32. The molecule has 1 aliphatic rings. The Balaban J connectivity index is 2.17. The molecule has 3 nitrogen and oxygen atoms in total. The highest BCUT2D eigenvalue weighted by Crippen LogP contribution is 2.36. The number of hydrogen-bond acceptors (Lipinski definition) is 4. The van der Waals surface area contributed by atoms with Crippen molar-refractivity contribution in [1.29, 1.82) is 0 Å². The molecule has 0 aromatic carbocycles. The van der Waals surface area contributed by atoms with E-state index in [1.165, 1.54) is 5.01 Å². The summed E-state index contributed by atoms with van der Waals surface area (Å²) in [6, 6.07) is 0. The number of thiazole rings is 1. The van der Waals surface area contributed by atoms with Gasteiger partial charge >= 0.3 is 0 Å². The van der Waals surface area contributed by atoms with Crippen molar-refractivity contribution in [2.24, 2.45) is 0 Å². The molecule has 17 heavy (non-hydrogen) atoms. The molecular weight excluding hydrogens is 232 g/mol. The first-order chi connectivity index (χ1) is 8.30. The normalized spacial score (nSPS) is 29.4. The fraction of sp³-hybridized carbons (Fsp3) is 0.769. The summed E-state index contributed by atoms with van der Waals surface area (Å²) < 4.78 is 5.80. The topological polar surface area (TPSA) is 34.2 Å². The molecule has 4 heteroatoms. The van der Waals surface area contributed by atoms with Crippen LogP contribution in [0.3, 0.4) is 0 Å². The van der Waals surface area contributed by atoms with Gasteiger partial charge in [-0.25, -0.2) is 4.98 Å². The Kier molecular flexibility index (Phi) is 4.54. The first-order valence-corrected chi connectivity index (χ1v) is 7.45. The minimum Gasteiger partial charge on any atom is -0.378 e. The zero-order chi connectivity index (χ0) is 12.1. The molecule has 1 saturated heterocycles. The Morgan fingerprint density at radius 2 is 2.47 bits per heavy atom. The van der Waals surface area contributed by atoms with Crippen molar-refractivity contribution in [3.05, 3.63) is 16.6 Å². The SMILES string of the molecule is CCCNC1(c2nccs2)CCOC(CC)C1.